The molecular weight excluding hydrogens is 210 g/mol. The molecule has 2 atom stereocenters. The second-order valence-electron chi connectivity index (χ2n) is 5.63. The van der Waals surface area contributed by atoms with Crippen LogP contribution in [0.25, 0.3) is 0 Å². The van der Waals surface area contributed by atoms with Crippen LogP contribution in [0.5, 0.6) is 0 Å². The number of aliphatic hydroxyl groups is 1. The van der Waals surface area contributed by atoms with Gasteiger partial charge in [-0.15, -0.1) is 0 Å². The molecule has 2 aliphatic rings. The molecule has 0 radical (unpaired) electrons. The first-order valence-corrected chi connectivity index (χ1v) is 6.72. The minimum absolute atomic E-state index is 0.586. The second kappa shape index (κ2) is 4.11. The highest BCUT2D eigenvalue weighted by molar-refractivity contribution is 5.32. The number of rotatable bonds is 1. The number of hydrogen-bond donors (Lipinski definition) is 1. The number of aryl methyl sites for hydroxylation is 1. The van der Waals surface area contributed by atoms with Gasteiger partial charge in [-0.1, -0.05) is 24.3 Å². The van der Waals surface area contributed by atoms with Crippen molar-refractivity contribution >= 4 is 0 Å². The zero-order chi connectivity index (χ0) is 11.9. The van der Waals surface area contributed by atoms with Crippen molar-refractivity contribution in [1.29, 1.82) is 0 Å². The van der Waals surface area contributed by atoms with Gasteiger partial charge >= 0.3 is 0 Å². The number of nitrogens with zero attached hydrogens (tertiary/aromatic N) is 1. The number of piperidine rings is 1. The van der Waals surface area contributed by atoms with Gasteiger partial charge in [0.25, 0.3) is 0 Å². The van der Waals surface area contributed by atoms with E-state index in [1.165, 1.54) is 24.9 Å². The van der Waals surface area contributed by atoms with Crippen molar-refractivity contribution in [3.05, 3.63) is 35.4 Å². The summed E-state index contributed by atoms with van der Waals surface area (Å²) in [6.45, 7) is 4.39. The monoisotopic (exact) mass is 231 g/mol. The van der Waals surface area contributed by atoms with Crippen LogP contribution in [-0.4, -0.2) is 29.1 Å². The van der Waals surface area contributed by atoms with Gasteiger partial charge in [-0.25, -0.2) is 0 Å². The molecule has 2 heterocycles. The second-order valence-corrected chi connectivity index (χ2v) is 5.63. The van der Waals surface area contributed by atoms with E-state index < -0.39 is 5.60 Å². The van der Waals surface area contributed by atoms with E-state index in [-0.39, 0.29) is 0 Å². The molecule has 0 spiro atoms. The first kappa shape index (κ1) is 11.2. The molecule has 0 aliphatic carbocycles. The minimum atomic E-state index is -0.586. The van der Waals surface area contributed by atoms with Gasteiger partial charge in [-0.3, -0.25) is 0 Å². The summed E-state index contributed by atoms with van der Waals surface area (Å²) in [4.78, 5) is 2.55. The fourth-order valence-electron chi connectivity index (χ4n) is 3.58. The van der Waals surface area contributed by atoms with Gasteiger partial charge in [-0.2, -0.15) is 0 Å². The van der Waals surface area contributed by atoms with Gasteiger partial charge in [0, 0.05) is 12.6 Å². The van der Waals surface area contributed by atoms with E-state index >= 15 is 0 Å². The SMILES string of the molecule is Cc1ccccc1C1(O)CCN2CCCC2C1. The third-order valence-corrected chi connectivity index (χ3v) is 4.53. The lowest BCUT2D eigenvalue weighted by atomic mass is 9.79. The first-order chi connectivity index (χ1) is 8.19. The Labute approximate surface area is 103 Å². The van der Waals surface area contributed by atoms with Gasteiger partial charge in [0.15, 0.2) is 0 Å². The van der Waals surface area contributed by atoms with Crippen molar-refractivity contribution in [2.75, 3.05) is 13.1 Å². The Hall–Kier alpha value is -0.860. The minimum Gasteiger partial charge on any atom is -0.385 e. The topological polar surface area (TPSA) is 23.5 Å². The molecule has 2 heteroatoms. The lowest BCUT2D eigenvalue weighted by Crippen LogP contribution is -2.46. The van der Waals surface area contributed by atoms with Crippen LogP contribution in [0.15, 0.2) is 24.3 Å². The Kier molecular flexibility index (Phi) is 2.72. The maximum atomic E-state index is 10.9. The fraction of sp³-hybridized carbons (Fsp3) is 0.600. The highest BCUT2D eigenvalue weighted by Gasteiger charge is 2.41. The molecule has 0 amide bonds. The zero-order valence-corrected chi connectivity index (χ0v) is 10.5. The van der Waals surface area contributed by atoms with E-state index in [2.05, 4.69) is 24.0 Å². The van der Waals surface area contributed by atoms with Gasteiger partial charge in [0.2, 0.25) is 0 Å². The van der Waals surface area contributed by atoms with E-state index in [1.54, 1.807) is 0 Å². The molecule has 0 saturated carbocycles. The number of benzene rings is 1. The average molecular weight is 231 g/mol. The molecule has 2 aliphatic heterocycles. The third-order valence-electron chi connectivity index (χ3n) is 4.53. The van der Waals surface area contributed by atoms with E-state index in [0.717, 1.165) is 24.9 Å². The van der Waals surface area contributed by atoms with Crippen molar-refractivity contribution < 1.29 is 5.11 Å². The lowest BCUT2D eigenvalue weighted by Gasteiger charge is -2.41. The van der Waals surface area contributed by atoms with E-state index in [4.69, 9.17) is 0 Å². The molecular formula is C15H21NO. The van der Waals surface area contributed by atoms with Crippen LogP contribution in [0.3, 0.4) is 0 Å². The van der Waals surface area contributed by atoms with Crippen LogP contribution in [0.2, 0.25) is 0 Å². The third kappa shape index (κ3) is 1.90. The van der Waals surface area contributed by atoms with Crippen LogP contribution >= 0.6 is 0 Å². The van der Waals surface area contributed by atoms with Crippen LogP contribution in [0.4, 0.5) is 0 Å². The predicted octanol–water partition coefficient (Wildman–Crippen LogP) is 2.44. The van der Waals surface area contributed by atoms with E-state index in [0.29, 0.717) is 6.04 Å². The predicted molar refractivity (Wildman–Crippen MR) is 68.9 cm³/mol. The maximum Gasteiger partial charge on any atom is 0.0926 e. The Balaban J connectivity index is 1.89. The fourth-order valence-corrected chi connectivity index (χ4v) is 3.58. The average Bonchev–Trinajstić information content (AvgIpc) is 2.76. The molecule has 2 unspecified atom stereocenters. The van der Waals surface area contributed by atoms with E-state index in [9.17, 15) is 5.11 Å². The smallest absolute Gasteiger partial charge is 0.0926 e. The first-order valence-electron chi connectivity index (χ1n) is 6.72. The Bertz CT molecular complexity index is 417. The summed E-state index contributed by atoms with van der Waals surface area (Å²) < 4.78 is 0. The molecule has 1 aromatic rings. The van der Waals surface area contributed by atoms with Crippen molar-refractivity contribution in [3.8, 4) is 0 Å². The van der Waals surface area contributed by atoms with Crippen LogP contribution < -0.4 is 0 Å². The lowest BCUT2D eigenvalue weighted by molar-refractivity contribution is -0.0413. The van der Waals surface area contributed by atoms with Gasteiger partial charge in [0.05, 0.1) is 5.60 Å². The summed E-state index contributed by atoms with van der Waals surface area (Å²) >= 11 is 0. The maximum absolute atomic E-state index is 10.9. The highest BCUT2D eigenvalue weighted by atomic mass is 16.3. The Morgan fingerprint density at radius 1 is 1.29 bits per heavy atom. The summed E-state index contributed by atoms with van der Waals surface area (Å²) in [6.07, 6.45) is 4.36. The number of fused-ring (bicyclic) bond motifs is 1. The highest BCUT2D eigenvalue weighted by Crippen LogP contribution is 2.40. The molecule has 17 heavy (non-hydrogen) atoms. The molecule has 0 bridgehead atoms. The summed E-state index contributed by atoms with van der Waals surface area (Å²) in [5.41, 5.74) is 1.78. The van der Waals surface area contributed by atoms with Crippen LogP contribution in [0, 0.1) is 6.92 Å². The molecule has 2 nitrogen and oxygen atoms in total. The van der Waals surface area contributed by atoms with Crippen molar-refractivity contribution in [2.45, 2.75) is 44.2 Å². The summed E-state index contributed by atoms with van der Waals surface area (Å²) in [5, 5.41) is 10.9. The summed E-state index contributed by atoms with van der Waals surface area (Å²) in [5.74, 6) is 0. The van der Waals surface area contributed by atoms with Crippen molar-refractivity contribution in [2.24, 2.45) is 0 Å². The molecule has 1 aromatic carbocycles. The summed E-state index contributed by atoms with van der Waals surface area (Å²) in [6, 6.07) is 8.90. The number of hydrogen-bond acceptors (Lipinski definition) is 2. The van der Waals surface area contributed by atoms with Crippen LogP contribution in [0.1, 0.15) is 36.8 Å². The van der Waals surface area contributed by atoms with Crippen LogP contribution in [-0.2, 0) is 5.60 Å². The van der Waals surface area contributed by atoms with Crippen molar-refractivity contribution in [1.82, 2.24) is 4.90 Å². The van der Waals surface area contributed by atoms with Gasteiger partial charge in [-0.05, 0) is 50.3 Å². The Morgan fingerprint density at radius 2 is 2.12 bits per heavy atom. The molecule has 92 valence electrons. The van der Waals surface area contributed by atoms with Crippen molar-refractivity contribution in [3.63, 3.8) is 0 Å². The molecule has 2 saturated heterocycles. The molecule has 3 rings (SSSR count). The zero-order valence-electron chi connectivity index (χ0n) is 10.5. The largest absolute Gasteiger partial charge is 0.385 e. The van der Waals surface area contributed by atoms with E-state index in [1.807, 2.05) is 12.1 Å². The van der Waals surface area contributed by atoms with Gasteiger partial charge in [0.1, 0.15) is 0 Å². The summed E-state index contributed by atoms with van der Waals surface area (Å²) in [7, 11) is 0. The molecule has 2 fully saturated rings. The quantitative estimate of drug-likeness (QED) is 0.802. The molecule has 0 aromatic heterocycles. The van der Waals surface area contributed by atoms with Gasteiger partial charge < -0.3 is 10.0 Å². The Morgan fingerprint density at radius 3 is 2.94 bits per heavy atom. The normalized spacial score (nSPS) is 33.6. The standard InChI is InChI=1S/C15H21NO/c1-12-5-2-3-7-14(12)15(17)8-10-16-9-4-6-13(16)11-15/h2-3,5,7,13,17H,4,6,8-11H2,1H3. The molecule has 1 N–H and O–H groups in total.